The zero-order chi connectivity index (χ0) is 17.9. The molecule has 0 saturated heterocycles. The van der Waals surface area contributed by atoms with Crippen LogP contribution in [-0.2, 0) is 0 Å². The summed E-state index contributed by atoms with van der Waals surface area (Å²) in [5, 5.41) is 4.64. The van der Waals surface area contributed by atoms with Gasteiger partial charge in [0.05, 0.1) is 12.1 Å². The number of nitrogens with zero attached hydrogens (tertiary/aromatic N) is 4. The molecule has 0 fully saturated rings. The number of rotatable bonds is 4. The van der Waals surface area contributed by atoms with Gasteiger partial charge in [-0.05, 0) is 36.4 Å². The molecule has 128 valence electrons. The highest BCUT2D eigenvalue weighted by Gasteiger charge is 2.13. The molecule has 1 N–H and O–H groups in total. The average molecular weight is 364 g/mol. The van der Waals surface area contributed by atoms with E-state index < -0.39 is 0 Å². The Hall–Kier alpha value is -3.25. The highest BCUT2D eigenvalue weighted by molar-refractivity contribution is 6.30. The molecule has 7 heteroatoms. The fraction of sp³-hybridized carbons (Fsp3) is 0.0526. The maximum atomic E-state index is 5.92. The van der Waals surface area contributed by atoms with Crippen LogP contribution in [0.5, 0.6) is 5.75 Å². The van der Waals surface area contributed by atoms with Gasteiger partial charge in [-0.3, -0.25) is 4.98 Å². The number of hydrogen-bond donors (Lipinski definition) is 1. The van der Waals surface area contributed by atoms with Gasteiger partial charge >= 0.3 is 0 Å². The first-order valence-electron chi connectivity index (χ1n) is 7.88. The third-order valence-electron chi connectivity index (χ3n) is 3.80. The molecule has 0 saturated carbocycles. The molecule has 4 rings (SSSR count). The van der Waals surface area contributed by atoms with Crippen molar-refractivity contribution in [2.75, 3.05) is 12.4 Å². The lowest BCUT2D eigenvalue weighted by Gasteiger charge is -2.12. The van der Waals surface area contributed by atoms with E-state index in [0.29, 0.717) is 33.7 Å². The number of para-hydroxylation sites is 1. The number of anilines is 2. The molecule has 0 bridgehead atoms. The topological polar surface area (TPSA) is 72.8 Å². The Kier molecular flexibility index (Phi) is 4.33. The van der Waals surface area contributed by atoms with Crippen molar-refractivity contribution in [3.63, 3.8) is 0 Å². The van der Waals surface area contributed by atoms with Crippen molar-refractivity contribution in [2.45, 2.75) is 0 Å². The largest absolute Gasteiger partial charge is 0.494 e. The summed E-state index contributed by atoms with van der Waals surface area (Å²) < 4.78 is 5.47. The lowest BCUT2D eigenvalue weighted by Crippen LogP contribution is -2.01. The maximum absolute atomic E-state index is 5.92. The third-order valence-corrected chi connectivity index (χ3v) is 4.03. The molecule has 4 aromatic rings. The zero-order valence-corrected chi connectivity index (χ0v) is 14.6. The first-order chi connectivity index (χ1) is 12.7. The number of fused-ring (bicyclic) bond motifs is 1. The van der Waals surface area contributed by atoms with Crippen molar-refractivity contribution in [1.29, 1.82) is 0 Å². The van der Waals surface area contributed by atoms with Crippen LogP contribution in [0.15, 0.2) is 61.1 Å². The second-order valence-corrected chi connectivity index (χ2v) is 5.92. The van der Waals surface area contributed by atoms with E-state index in [-0.39, 0.29) is 0 Å². The van der Waals surface area contributed by atoms with Crippen LogP contribution < -0.4 is 10.1 Å². The molecule has 0 radical (unpaired) electrons. The summed E-state index contributed by atoms with van der Waals surface area (Å²) in [6.07, 6.45) is 5.01. The predicted molar refractivity (Wildman–Crippen MR) is 102 cm³/mol. The standard InChI is InChI=1S/C19H14ClN5O/c1-26-15-6-2-5-14-17(15)24-18(12-4-3-9-21-10-12)25-19(14)23-16-8-7-13(20)11-22-16/h2-11H,1H3,(H,22,23,24,25). The van der Waals surface area contributed by atoms with E-state index >= 15 is 0 Å². The van der Waals surface area contributed by atoms with Gasteiger partial charge in [-0.2, -0.15) is 0 Å². The van der Waals surface area contributed by atoms with Gasteiger partial charge in [0.2, 0.25) is 0 Å². The lowest BCUT2D eigenvalue weighted by atomic mass is 10.2. The zero-order valence-electron chi connectivity index (χ0n) is 13.8. The molecule has 26 heavy (non-hydrogen) atoms. The number of ether oxygens (including phenoxy) is 1. The van der Waals surface area contributed by atoms with Gasteiger partial charge in [-0.15, -0.1) is 0 Å². The quantitative estimate of drug-likeness (QED) is 0.575. The van der Waals surface area contributed by atoms with E-state index in [9.17, 15) is 0 Å². The number of halogens is 1. The number of hydrogen-bond acceptors (Lipinski definition) is 6. The molecule has 0 aliphatic heterocycles. The second kappa shape index (κ2) is 6.93. The van der Waals surface area contributed by atoms with E-state index in [4.69, 9.17) is 16.3 Å². The molecular formula is C19H14ClN5O. The molecule has 3 aromatic heterocycles. The Bertz CT molecular complexity index is 1050. The van der Waals surface area contributed by atoms with Gasteiger partial charge in [0, 0.05) is 29.5 Å². The fourth-order valence-electron chi connectivity index (χ4n) is 2.58. The summed E-state index contributed by atoms with van der Waals surface area (Å²) in [7, 11) is 1.62. The minimum atomic E-state index is 0.548. The minimum absolute atomic E-state index is 0.548. The Balaban J connectivity index is 1.90. The summed E-state index contributed by atoms with van der Waals surface area (Å²) >= 11 is 5.92. The van der Waals surface area contributed by atoms with Crippen LogP contribution >= 0.6 is 11.6 Å². The van der Waals surface area contributed by atoms with Crippen LogP contribution in [-0.4, -0.2) is 27.0 Å². The van der Waals surface area contributed by atoms with E-state index in [1.165, 1.54) is 0 Å². The van der Waals surface area contributed by atoms with Crippen LogP contribution in [0.25, 0.3) is 22.3 Å². The molecule has 1 aromatic carbocycles. The van der Waals surface area contributed by atoms with Crippen molar-refractivity contribution in [3.8, 4) is 17.1 Å². The number of benzene rings is 1. The van der Waals surface area contributed by atoms with Gasteiger partial charge < -0.3 is 10.1 Å². The molecule has 3 heterocycles. The van der Waals surface area contributed by atoms with E-state index in [1.54, 1.807) is 37.8 Å². The maximum Gasteiger partial charge on any atom is 0.163 e. The van der Waals surface area contributed by atoms with Crippen molar-refractivity contribution >= 4 is 34.1 Å². The second-order valence-electron chi connectivity index (χ2n) is 5.48. The van der Waals surface area contributed by atoms with Crippen molar-refractivity contribution < 1.29 is 4.74 Å². The summed E-state index contributed by atoms with van der Waals surface area (Å²) in [5.74, 6) is 2.48. The highest BCUT2D eigenvalue weighted by Crippen LogP contribution is 2.31. The lowest BCUT2D eigenvalue weighted by molar-refractivity contribution is 0.419. The van der Waals surface area contributed by atoms with Crippen molar-refractivity contribution in [3.05, 3.63) is 66.1 Å². The number of methoxy groups -OCH3 is 1. The van der Waals surface area contributed by atoms with Crippen LogP contribution in [0.4, 0.5) is 11.6 Å². The molecule has 0 aliphatic rings. The van der Waals surface area contributed by atoms with Gasteiger partial charge in [0.25, 0.3) is 0 Å². The Morgan fingerprint density at radius 2 is 1.92 bits per heavy atom. The fourth-order valence-corrected chi connectivity index (χ4v) is 2.69. The van der Waals surface area contributed by atoms with Crippen molar-refractivity contribution in [1.82, 2.24) is 19.9 Å². The molecule has 0 spiro atoms. The first-order valence-corrected chi connectivity index (χ1v) is 8.26. The molecule has 0 amide bonds. The molecular weight excluding hydrogens is 350 g/mol. The molecule has 0 atom stereocenters. The summed E-state index contributed by atoms with van der Waals surface area (Å²) in [6, 6.07) is 13.0. The van der Waals surface area contributed by atoms with Crippen LogP contribution in [0, 0.1) is 0 Å². The Morgan fingerprint density at radius 1 is 1.00 bits per heavy atom. The van der Waals surface area contributed by atoms with E-state index in [2.05, 4.69) is 25.3 Å². The van der Waals surface area contributed by atoms with Crippen LogP contribution in [0.2, 0.25) is 5.02 Å². The third kappa shape index (κ3) is 3.14. The van der Waals surface area contributed by atoms with Gasteiger partial charge in [0.1, 0.15) is 22.9 Å². The first kappa shape index (κ1) is 16.2. The normalized spacial score (nSPS) is 10.7. The number of pyridine rings is 2. The SMILES string of the molecule is COc1cccc2c(Nc3ccc(Cl)cn3)nc(-c3cccnc3)nc12. The molecule has 0 aliphatic carbocycles. The average Bonchev–Trinajstić information content (AvgIpc) is 2.70. The van der Waals surface area contributed by atoms with Gasteiger partial charge in [-0.1, -0.05) is 17.7 Å². The smallest absolute Gasteiger partial charge is 0.163 e. The van der Waals surface area contributed by atoms with E-state index in [0.717, 1.165) is 10.9 Å². The molecule has 0 unspecified atom stereocenters. The van der Waals surface area contributed by atoms with Crippen LogP contribution in [0.1, 0.15) is 0 Å². The number of aromatic nitrogens is 4. The van der Waals surface area contributed by atoms with Crippen LogP contribution in [0.3, 0.4) is 0 Å². The summed E-state index contributed by atoms with van der Waals surface area (Å²) in [4.78, 5) is 17.8. The minimum Gasteiger partial charge on any atom is -0.494 e. The summed E-state index contributed by atoms with van der Waals surface area (Å²) in [6.45, 7) is 0. The van der Waals surface area contributed by atoms with Crippen molar-refractivity contribution in [2.24, 2.45) is 0 Å². The Morgan fingerprint density at radius 3 is 2.65 bits per heavy atom. The molecule has 6 nitrogen and oxygen atoms in total. The predicted octanol–water partition coefficient (Wildman–Crippen LogP) is 4.49. The summed E-state index contributed by atoms with van der Waals surface area (Å²) in [5.41, 5.74) is 1.52. The van der Waals surface area contributed by atoms with Gasteiger partial charge in [-0.25, -0.2) is 15.0 Å². The highest BCUT2D eigenvalue weighted by atomic mass is 35.5. The van der Waals surface area contributed by atoms with Gasteiger partial charge in [0.15, 0.2) is 5.82 Å². The monoisotopic (exact) mass is 363 g/mol. The van der Waals surface area contributed by atoms with E-state index in [1.807, 2.05) is 30.3 Å². The Labute approximate surface area is 154 Å². The number of nitrogens with one attached hydrogen (secondary N) is 1.